The van der Waals surface area contributed by atoms with Gasteiger partial charge in [0.1, 0.15) is 0 Å². The Labute approximate surface area is 93.1 Å². The zero-order chi connectivity index (χ0) is 9.97. The number of rotatable bonds is 1. The van der Waals surface area contributed by atoms with Crippen molar-refractivity contribution in [3.05, 3.63) is 17.4 Å². The molecule has 1 unspecified atom stereocenters. The van der Waals surface area contributed by atoms with Gasteiger partial charge in [-0.1, -0.05) is 11.6 Å². The molecule has 0 aromatic carbocycles. The van der Waals surface area contributed by atoms with Gasteiger partial charge in [0.15, 0.2) is 0 Å². The number of hydrogen-bond acceptors (Lipinski definition) is 3. The van der Waals surface area contributed by atoms with E-state index in [0.29, 0.717) is 5.02 Å². The number of piperidine rings is 1. The van der Waals surface area contributed by atoms with Gasteiger partial charge in [-0.25, -0.2) is 9.97 Å². The molecule has 3 nitrogen and oxygen atoms in total. The monoisotopic (exact) mass is 231 g/mol. The van der Waals surface area contributed by atoms with Gasteiger partial charge < -0.3 is 4.90 Å². The Morgan fingerprint density at radius 2 is 2.07 bits per heavy atom. The molecule has 0 N–H and O–H groups in total. The van der Waals surface area contributed by atoms with Crippen molar-refractivity contribution < 1.29 is 0 Å². The van der Waals surface area contributed by atoms with E-state index in [2.05, 4.69) is 14.9 Å². The van der Waals surface area contributed by atoms with Gasteiger partial charge in [0.2, 0.25) is 5.95 Å². The van der Waals surface area contributed by atoms with E-state index in [4.69, 9.17) is 23.2 Å². The van der Waals surface area contributed by atoms with Crippen molar-refractivity contribution in [1.82, 2.24) is 9.97 Å². The second-order valence-corrected chi connectivity index (χ2v) is 4.44. The lowest BCUT2D eigenvalue weighted by Gasteiger charge is -2.29. The van der Waals surface area contributed by atoms with Crippen LogP contribution in [0.15, 0.2) is 12.4 Å². The minimum absolute atomic E-state index is 0.211. The van der Waals surface area contributed by atoms with Crippen LogP contribution in [0.1, 0.15) is 12.8 Å². The summed E-state index contributed by atoms with van der Waals surface area (Å²) in [5, 5.41) is 0.774. The predicted molar refractivity (Wildman–Crippen MR) is 58.1 cm³/mol. The number of anilines is 1. The highest BCUT2D eigenvalue weighted by Crippen LogP contribution is 2.19. The summed E-state index contributed by atoms with van der Waals surface area (Å²) in [4.78, 5) is 10.4. The van der Waals surface area contributed by atoms with E-state index in [9.17, 15) is 0 Å². The van der Waals surface area contributed by atoms with Gasteiger partial charge in [-0.2, -0.15) is 0 Å². The molecule has 1 aromatic heterocycles. The van der Waals surface area contributed by atoms with Crippen molar-refractivity contribution in [2.45, 2.75) is 18.2 Å². The second kappa shape index (κ2) is 4.32. The molecule has 0 bridgehead atoms. The van der Waals surface area contributed by atoms with Crippen LogP contribution in [0.25, 0.3) is 0 Å². The number of halogens is 2. The molecule has 0 radical (unpaired) electrons. The molecule has 1 aromatic rings. The van der Waals surface area contributed by atoms with E-state index in [1.807, 2.05) is 0 Å². The first-order chi connectivity index (χ1) is 6.75. The summed E-state index contributed by atoms with van der Waals surface area (Å²) in [6, 6.07) is 0. The molecule has 0 saturated carbocycles. The molecule has 76 valence electrons. The Balaban J connectivity index is 2.10. The number of aromatic nitrogens is 2. The summed E-state index contributed by atoms with van der Waals surface area (Å²) in [5.41, 5.74) is 0. The maximum atomic E-state index is 6.07. The fourth-order valence-electron chi connectivity index (χ4n) is 1.58. The predicted octanol–water partition coefficient (Wildman–Crippen LogP) is 2.34. The number of nitrogens with zero attached hydrogens (tertiary/aromatic N) is 3. The fraction of sp³-hybridized carbons (Fsp3) is 0.556. The molecule has 0 spiro atoms. The third-order valence-corrected chi connectivity index (χ3v) is 2.80. The van der Waals surface area contributed by atoms with Crippen LogP contribution in [0, 0.1) is 0 Å². The normalized spacial score (nSPS) is 22.4. The quantitative estimate of drug-likeness (QED) is 0.696. The Morgan fingerprint density at radius 3 is 2.71 bits per heavy atom. The van der Waals surface area contributed by atoms with Gasteiger partial charge >= 0.3 is 0 Å². The Hall–Kier alpha value is -0.540. The minimum Gasteiger partial charge on any atom is -0.339 e. The van der Waals surface area contributed by atoms with Gasteiger partial charge in [-0.3, -0.25) is 0 Å². The molecule has 0 amide bonds. The van der Waals surface area contributed by atoms with E-state index in [1.165, 1.54) is 0 Å². The zero-order valence-electron chi connectivity index (χ0n) is 7.66. The highest BCUT2D eigenvalue weighted by molar-refractivity contribution is 6.30. The lowest BCUT2D eigenvalue weighted by Crippen LogP contribution is -2.36. The number of hydrogen-bond donors (Lipinski definition) is 0. The van der Waals surface area contributed by atoms with E-state index >= 15 is 0 Å². The lowest BCUT2D eigenvalue weighted by molar-refractivity contribution is 0.574. The molecule has 1 fully saturated rings. The van der Waals surface area contributed by atoms with Crippen molar-refractivity contribution in [2.24, 2.45) is 0 Å². The summed E-state index contributed by atoms with van der Waals surface area (Å²) >= 11 is 11.8. The minimum atomic E-state index is 0.211. The van der Waals surface area contributed by atoms with Crippen molar-refractivity contribution >= 4 is 29.2 Å². The zero-order valence-corrected chi connectivity index (χ0v) is 9.17. The molecule has 1 aliphatic heterocycles. The standard InChI is InChI=1S/C9H11Cl2N3/c10-7-2-1-3-14(6-7)9-12-4-8(11)5-13-9/h4-5,7H,1-3,6H2. The fourth-order valence-corrected chi connectivity index (χ4v) is 1.99. The van der Waals surface area contributed by atoms with E-state index in [-0.39, 0.29) is 5.38 Å². The third-order valence-electron chi connectivity index (χ3n) is 2.25. The molecule has 2 rings (SSSR count). The van der Waals surface area contributed by atoms with Crippen LogP contribution in [-0.2, 0) is 0 Å². The van der Waals surface area contributed by atoms with Gasteiger partial charge in [0.25, 0.3) is 0 Å². The van der Waals surface area contributed by atoms with Crippen LogP contribution in [0.4, 0.5) is 5.95 Å². The van der Waals surface area contributed by atoms with Crippen LogP contribution in [0.2, 0.25) is 5.02 Å². The molecule has 5 heteroatoms. The van der Waals surface area contributed by atoms with Gasteiger partial charge in [0, 0.05) is 13.1 Å². The van der Waals surface area contributed by atoms with Gasteiger partial charge in [0.05, 0.1) is 22.8 Å². The first-order valence-electron chi connectivity index (χ1n) is 4.62. The molecule has 1 atom stereocenters. The summed E-state index contributed by atoms with van der Waals surface area (Å²) in [5.74, 6) is 0.722. The topological polar surface area (TPSA) is 29.0 Å². The van der Waals surface area contributed by atoms with Crippen molar-refractivity contribution in [3.8, 4) is 0 Å². The highest BCUT2D eigenvalue weighted by atomic mass is 35.5. The van der Waals surface area contributed by atoms with Gasteiger partial charge in [-0.05, 0) is 12.8 Å². The second-order valence-electron chi connectivity index (χ2n) is 3.39. The summed E-state index contributed by atoms with van der Waals surface area (Å²) in [7, 11) is 0. The van der Waals surface area contributed by atoms with Crippen LogP contribution in [0.5, 0.6) is 0 Å². The molecular formula is C9H11Cl2N3. The van der Waals surface area contributed by atoms with Crippen molar-refractivity contribution in [2.75, 3.05) is 18.0 Å². The molecule has 1 aliphatic rings. The first-order valence-corrected chi connectivity index (χ1v) is 5.44. The molecular weight excluding hydrogens is 221 g/mol. The van der Waals surface area contributed by atoms with Crippen LogP contribution in [0.3, 0.4) is 0 Å². The van der Waals surface area contributed by atoms with Crippen LogP contribution in [-0.4, -0.2) is 28.4 Å². The maximum Gasteiger partial charge on any atom is 0.225 e. The van der Waals surface area contributed by atoms with E-state index in [0.717, 1.165) is 31.9 Å². The summed E-state index contributed by atoms with van der Waals surface area (Å²) in [6.45, 7) is 1.80. The van der Waals surface area contributed by atoms with Crippen LogP contribution < -0.4 is 4.90 Å². The molecule has 2 heterocycles. The highest BCUT2D eigenvalue weighted by Gasteiger charge is 2.19. The average Bonchev–Trinajstić information content (AvgIpc) is 2.19. The van der Waals surface area contributed by atoms with E-state index in [1.54, 1.807) is 12.4 Å². The van der Waals surface area contributed by atoms with E-state index < -0.39 is 0 Å². The Bertz CT molecular complexity index is 301. The molecule has 0 aliphatic carbocycles. The van der Waals surface area contributed by atoms with Gasteiger partial charge in [-0.15, -0.1) is 11.6 Å². The Morgan fingerprint density at radius 1 is 1.36 bits per heavy atom. The first kappa shape index (κ1) is 9.99. The van der Waals surface area contributed by atoms with Crippen molar-refractivity contribution in [1.29, 1.82) is 0 Å². The third kappa shape index (κ3) is 2.28. The van der Waals surface area contributed by atoms with Crippen molar-refractivity contribution in [3.63, 3.8) is 0 Å². The molecule has 14 heavy (non-hydrogen) atoms. The maximum absolute atomic E-state index is 6.07. The van der Waals surface area contributed by atoms with Crippen LogP contribution >= 0.6 is 23.2 Å². The summed E-state index contributed by atoms with van der Waals surface area (Å²) < 4.78 is 0. The number of alkyl halides is 1. The largest absolute Gasteiger partial charge is 0.339 e. The average molecular weight is 232 g/mol. The Kier molecular flexibility index (Phi) is 3.08. The lowest BCUT2D eigenvalue weighted by atomic mass is 10.1. The smallest absolute Gasteiger partial charge is 0.225 e. The SMILES string of the molecule is Clc1cnc(N2CCCC(Cl)C2)nc1. The summed E-state index contributed by atoms with van der Waals surface area (Å²) in [6.07, 6.45) is 5.40. The molecule has 1 saturated heterocycles.